The van der Waals surface area contributed by atoms with Crippen molar-refractivity contribution >= 4 is 17.6 Å². The molecule has 35 heavy (non-hydrogen) atoms. The second kappa shape index (κ2) is 11.8. The highest BCUT2D eigenvalue weighted by Gasteiger charge is 2.29. The molecular formula is C24H40N6O5. The number of aromatic nitrogens is 3. The Morgan fingerprint density at radius 1 is 1.17 bits per heavy atom. The molecule has 1 aliphatic rings. The number of carbonyl (C=O) groups is 2. The van der Waals surface area contributed by atoms with Crippen LogP contribution in [0.3, 0.4) is 0 Å². The quantitative estimate of drug-likeness (QED) is 0.573. The fraction of sp³-hybridized carbons (Fsp3) is 0.667. The molecule has 2 amide bonds. The van der Waals surface area contributed by atoms with Gasteiger partial charge in [-0.3, -0.25) is 9.20 Å². The van der Waals surface area contributed by atoms with Gasteiger partial charge in [0.05, 0.1) is 37.7 Å². The molecule has 1 saturated heterocycles. The molecule has 11 nitrogen and oxygen atoms in total. The number of nitrogens with two attached hydrogens (primary N) is 1. The molecule has 3 heterocycles. The van der Waals surface area contributed by atoms with Gasteiger partial charge in [0.1, 0.15) is 12.6 Å². The minimum atomic E-state index is -1.08. The third kappa shape index (κ3) is 7.87. The molecule has 0 aliphatic carbocycles. The van der Waals surface area contributed by atoms with Crippen molar-refractivity contribution in [2.45, 2.75) is 60.2 Å². The van der Waals surface area contributed by atoms with E-state index in [0.717, 1.165) is 0 Å². The Bertz CT molecular complexity index is 988. The van der Waals surface area contributed by atoms with E-state index in [2.05, 4.69) is 36.3 Å². The molecule has 0 saturated carbocycles. The van der Waals surface area contributed by atoms with Gasteiger partial charge in [-0.1, -0.05) is 34.3 Å². The number of ether oxygens (including phenoxy) is 3. The minimum absolute atomic E-state index is 0. The summed E-state index contributed by atoms with van der Waals surface area (Å²) in [5.74, 6) is 0.129. The number of amides is 2. The Hall–Kier alpha value is -2.76. The average molecular weight is 493 g/mol. The van der Waals surface area contributed by atoms with Gasteiger partial charge in [-0.2, -0.15) is 0 Å². The van der Waals surface area contributed by atoms with Crippen molar-refractivity contribution < 1.29 is 23.8 Å². The molecule has 1 aliphatic heterocycles. The van der Waals surface area contributed by atoms with E-state index in [1.807, 2.05) is 12.1 Å². The molecule has 1 atom stereocenters. The molecule has 2 aromatic heterocycles. The lowest BCUT2D eigenvalue weighted by Crippen LogP contribution is -2.51. The Labute approximate surface area is 207 Å². The van der Waals surface area contributed by atoms with Gasteiger partial charge < -0.3 is 30.2 Å². The normalized spacial score (nSPS) is 15.4. The van der Waals surface area contributed by atoms with Crippen molar-refractivity contribution in [1.29, 1.82) is 0 Å². The van der Waals surface area contributed by atoms with Crippen molar-refractivity contribution in [2.24, 2.45) is 11.1 Å². The van der Waals surface area contributed by atoms with Crippen LogP contribution in [0.5, 0.6) is 0 Å². The summed E-state index contributed by atoms with van der Waals surface area (Å²) in [7, 11) is 0. The van der Waals surface area contributed by atoms with Crippen LogP contribution in [0.25, 0.3) is 5.65 Å². The summed E-state index contributed by atoms with van der Waals surface area (Å²) >= 11 is 0. The van der Waals surface area contributed by atoms with E-state index in [-0.39, 0.29) is 32.0 Å². The number of nitrogens with one attached hydrogen (secondary N) is 1. The molecule has 0 radical (unpaired) electrons. The van der Waals surface area contributed by atoms with Crippen LogP contribution in [0.2, 0.25) is 0 Å². The van der Waals surface area contributed by atoms with Crippen molar-refractivity contribution in [2.75, 3.05) is 39.5 Å². The predicted octanol–water partition coefficient (Wildman–Crippen LogP) is 2.29. The third-order valence-corrected chi connectivity index (χ3v) is 5.17. The lowest BCUT2D eigenvalue weighted by molar-refractivity contribution is -0.126. The van der Waals surface area contributed by atoms with Gasteiger partial charge >= 0.3 is 6.09 Å². The first kappa shape index (κ1) is 28.5. The zero-order valence-electron chi connectivity index (χ0n) is 20.7. The fourth-order valence-corrected chi connectivity index (χ4v) is 3.35. The minimum Gasteiger partial charge on any atom is -0.443 e. The summed E-state index contributed by atoms with van der Waals surface area (Å²) in [5.41, 5.74) is 6.11. The molecule has 0 unspecified atom stereocenters. The summed E-state index contributed by atoms with van der Waals surface area (Å²) in [5, 5.41) is 11.5. The molecule has 2 aromatic rings. The molecule has 0 spiro atoms. The summed E-state index contributed by atoms with van der Waals surface area (Å²) in [4.78, 5) is 26.8. The maximum absolute atomic E-state index is 12.7. The van der Waals surface area contributed by atoms with E-state index in [9.17, 15) is 9.59 Å². The van der Waals surface area contributed by atoms with E-state index < -0.39 is 17.7 Å². The molecule has 0 aromatic carbocycles. The van der Waals surface area contributed by atoms with Crippen LogP contribution in [0.1, 0.15) is 59.6 Å². The first-order valence-corrected chi connectivity index (χ1v) is 11.5. The van der Waals surface area contributed by atoms with Crippen LogP contribution in [-0.2, 0) is 25.6 Å². The van der Waals surface area contributed by atoms with Crippen LogP contribution >= 0.6 is 0 Å². The zero-order chi connectivity index (χ0) is 24.9. The third-order valence-electron chi connectivity index (χ3n) is 5.17. The predicted molar refractivity (Wildman–Crippen MR) is 132 cm³/mol. The number of carbonyl (C=O) groups excluding carboxylic acids is 2. The summed E-state index contributed by atoms with van der Waals surface area (Å²) < 4.78 is 18.5. The molecule has 11 heteroatoms. The van der Waals surface area contributed by atoms with Gasteiger partial charge in [0, 0.05) is 13.1 Å². The summed E-state index contributed by atoms with van der Waals surface area (Å²) in [6.45, 7) is 12.1. The van der Waals surface area contributed by atoms with E-state index in [0.29, 0.717) is 50.1 Å². The molecule has 1 fully saturated rings. The Morgan fingerprint density at radius 2 is 1.86 bits per heavy atom. The number of nitrogens with zero attached hydrogens (tertiary/aromatic N) is 4. The number of pyridine rings is 1. The average Bonchev–Trinajstić information content (AvgIpc) is 3.20. The largest absolute Gasteiger partial charge is 0.443 e. The highest BCUT2D eigenvalue weighted by molar-refractivity contribution is 5.85. The number of morpholine rings is 1. The lowest BCUT2D eigenvalue weighted by atomic mass is 9.99. The fourth-order valence-electron chi connectivity index (χ4n) is 3.35. The van der Waals surface area contributed by atoms with E-state index >= 15 is 0 Å². The molecule has 3 rings (SSSR count). The number of rotatable bonds is 8. The number of fused-ring (bicyclic) bond motifs is 1. The van der Waals surface area contributed by atoms with Crippen LogP contribution < -0.4 is 11.1 Å². The SMILES string of the molecule is C.CC(C)(C)COC[C@@H](NC(=O)C(C)(C)N)c1nnc2cccc(COC(=O)N3CCOCC3)n12. The Balaban J connectivity index is 0.00000432. The van der Waals surface area contributed by atoms with Crippen LogP contribution in [0, 0.1) is 5.41 Å². The van der Waals surface area contributed by atoms with E-state index in [1.165, 1.54) is 0 Å². The highest BCUT2D eigenvalue weighted by atomic mass is 16.6. The topological polar surface area (TPSA) is 133 Å². The smallest absolute Gasteiger partial charge is 0.410 e. The number of hydrogen-bond acceptors (Lipinski definition) is 8. The van der Waals surface area contributed by atoms with Crippen molar-refractivity contribution in [3.05, 3.63) is 29.7 Å². The standard InChI is InChI=1S/C23H36N6O5.CH4/c1-22(2,3)15-33-14-17(25-20(30)23(4,5)24)19-27-26-18-8-6-7-16(29(18)19)13-34-21(31)28-9-11-32-12-10-28;/h6-8,17H,9-15,24H2,1-5H3,(H,25,30);1H4/t17-;/m1./s1. The first-order chi connectivity index (χ1) is 16.0. The van der Waals surface area contributed by atoms with Crippen molar-refractivity contribution in [1.82, 2.24) is 24.8 Å². The lowest BCUT2D eigenvalue weighted by Gasteiger charge is -2.26. The van der Waals surface area contributed by atoms with Crippen LogP contribution in [0.15, 0.2) is 18.2 Å². The van der Waals surface area contributed by atoms with Gasteiger partial charge in [-0.05, 0) is 31.4 Å². The van der Waals surface area contributed by atoms with Gasteiger partial charge in [-0.15, -0.1) is 10.2 Å². The van der Waals surface area contributed by atoms with Crippen LogP contribution in [0.4, 0.5) is 4.79 Å². The second-order valence-electron chi connectivity index (χ2n) is 10.2. The van der Waals surface area contributed by atoms with E-state index in [4.69, 9.17) is 19.9 Å². The van der Waals surface area contributed by atoms with Crippen LogP contribution in [-0.4, -0.2) is 76.6 Å². The van der Waals surface area contributed by atoms with Gasteiger partial charge in [-0.25, -0.2) is 4.79 Å². The van der Waals surface area contributed by atoms with Crippen molar-refractivity contribution in [3.8, 4) is 0 Å². The van der Waals surface area contributed by atoms with E-state index in [1.54, 1.807) is 29.2 Å². The zero-order valence-corrected chi connectivity index (χ0v) is 20.7. The van der Waals surface area contributed by atoms with Gasteiger partial charge in [0.25, 0.3) is 0 Å². The molecule has 196 valence electrons. The van der Waals surface area contributed by atoms with Gasteiger partial charge in [0.2, 0.25) is 5.91 Å². The molecule has 0 bridgehead atoms. The first-order valence-electron chi connectivity index (χ1n) is 11.5. The number of hydrogen-bond donors (Lipinski definition) is 2. The molecular weight excluding hydrogens is 452 g/mol. The summed E-state index contributed by atoms with van der Waals surface area (Å²) in [6, 6.07) is 4.83. The maximum Gasteiger partial charge on any atom is 0.410 e. The Kier molecular flexibility index (Phi) is 9.59. The Morgan fingerprint density at radius 3 is 2.49 bits per heavy atom. The molecule has 3 N–H and O–H groups in total. The maximum atomic E-state index is 12.7. The second-order valence-corrected chi connectivity index (χ2v) is 10.2. The van der Waals surface area contributed by atoms with Gasteiger partial charge in [0.15, 0.2) is 11.5 Å². The summed E-state index contributed by atoms with van der Waals surface area (Å²) in [6.07, 6.45) is -0.404. The monoisotopic (exact) mass is 492 g/mol. The van der Waals surface area contributed by atoms with Crippen molar-refractivity contribution in [3.63, 3.8) is 0 Å². The highest BCUT2D eigenvalue weighted by Crippen LogP contribution is 2.20.